The van der Waals surface area contributed by atoms with Crippen molar-refractivity contribution in [1.82, 2.24) is 4.98 Å². The van der Waals surface area contributed by atoms with E-state index in [0.29, 0.717) is 18.9 Å². The summed E-state index contributed by atoms with van der Waals surface area (Å²) in [5.74, 6) is 7.30. The Kier molecular flexibility index (Phi) is 5.94. The van der Waals surface area contributed by atoms with Crippen LogP contribution in [0.4, 0.5) is 0 Å². The van der Waals surface area contributed by atoms with Gasteiger partial charge in [0.15, 0.2) is 0 Å². The highest BCUT2D eigenvalue weighted by molar-refractivity contribution is 5.76. The van der Waals surface area contributed by atoms with Crippen molar-refractivity contribution in [3.63, 3.8) is 0 Å². The second kappa shape index (κ2) is 8.14. The Morgan fingerprint density at radius 3 is 2.52 bits per heavy atom. The van der Waals surface area contributed by atoms with Gasteiger partial charge in [-0.2, -0.15) is 0 Å². The number of hydrogen-bond donors (Lipinski definition) is 0. The predicted octanol–water partition coefficient (Wildman–Crippen LogP) is 3.96. The lowest BCUT2D eigenvalue weighted by Gasteiger charge is -2.09. The summed E-state index contributed by atoms with van der Waals surface area (Å²) < 4.78 is 5.37. The van der Waals surface area contributed by atoms with E-state index in [4.69, 9.17) is 4.74 Å². The molecule has 0 fully saturated rings. The van der Waals surface area contributed by atoms with Crippen LogP contribution >= 0.6 is 0 Å². The summed E-state index contributed by atoms with van der Waals surface area (Å²) in [7, 11) is 0. The number of aromatic nitrogens is 1. The fraction of sp³-hybridized carbons (Fsp3) is 0.300. The third-order valence-electron chi connectivity index (χ3n) is 3.45. The Bertz CT molecular complexity index is 723. The zero-order valence-corrected chi connectivity index (χ0v) is 13.8. The maximum Gasteiger partial charge on any atom is 0.214 e. The SMILES string of the molecule is CCOc1cc(C#Cc2ccc(C(C)CC(C)=O)cc2)ccn1. The summed E-state index contributed by atoms with van der Waals surface area (Å²) >= 11 is 0. The van der Waals surface area contributed by atoms with Crippen LogP contribution in [-0.4, -0.2) is 17.4 Å². The maximum absolute atomic E-state index is 11.2. The quantitative estimate of drug-likeness (QED) is 0.785. The average molecular weight is 307 g/mol. The Balaban J connectivity index is 2.09. The number of carbonyl (C=O) groups excluding carboxylic acids is 1. The van der Waals surface area contributed by atoms with Crippen LogP contribution in [-0.2, 0) is 4.79 Å². The third-order valence-corrected chi connectivity index (χ3v) is 3.45. The van der Waals surface area contributed by atoms with Crippen LogP contribution in [0.3, 0.4) is 0 Å². The number of hydrogen-bond acceptors (Lipinski definition) is 3. The first-order chi connectivity index (χ1) is 11.1. The van der Waals surface area contributed by atoms with E-state index >= 15 is 0 Å². The van der Waals surface area contributed by atoms with Gasteiger partial charge in [-0.05, 0) is 43.5 Å². The van der Waals surface area contributed by atoms with E-state index in [1.807, 2.05) is 43.3 Å². The smallest absolute Gasteiger partial charge is 0.214 e. The molecule has 2 aromatic rings. The summed E-state index contributed by atoms with van der Waals surface area (Å²) in [5, 5.41) is 0. The summed E-state index contributed by atoms with van der Waals surface area (Å²) in [6.45, 7) is 6.20. The molecule has 118 valence electrons. The lowest BCUT2D eigenvalue weighted by Crippen LogP contribution is -2.00. The van der Waals surface area contributed by atoms with Crippen LogP contribution in [0.2, 0.25) is 0 Å². The summed E-state index contributed by atoms with van der Waals surface area (Å²) in [6, 6.07) is 11.7. The van der Waals surface area contributed by atoms with Gasteiger partial charge in [0.05, 0.1) is 6.61 Å². The van der Waals surface area contributed by atoms with Gasteiger partial charge < -0.3 is 9.53 Å². The first kappa shape index (κ1) is 16.8. The Morgan fingerprint density at radius 2 is 1.87 bits per heavy atom. The molecule has 0 bridgehead atoms. The summed E-state index contributed by atoms with van der Waals surface area (Å²) in [5.41, 5.74) is 2.98. The molecule has 1 unspecified atom stereocenters. The van der Waals surface area contributed by atoms with Gasteiger partial charge in [0.2, 0.25) is 5.88 Å². The first-order valence-corrected chi connectivity index (χ1v) is 7.78. The minimum absolute atomic E-state index is 0.212. The highest BCUT2D eigenvalue weighted by Crippen LogP contribution is 2.19. The molecular formula is C20H21NO2. The second-order valence-electron chi connectivity index (χ2n) is 5.49. The molecule has 1 atom stereocenters. The lowest BCUT2D eigenvalue weighted by atomic mass is 9.95. The number of rotatable bonds is 5. The van der Waals surface area contributed by atoms with Crippen LogP contribution < -0.4 is 4.74 Å². The van der Waals surface area contributed by atoms with Crippen molar-refractivity contribution in [3.05, 3.63) is 59.3 Å². The zero-order valence-electron chi connectivity index (χ0n) is 13.8. The first-order valence-electron chi connectivity index (χ1n) is 7.78. The minimum atomic E-state index is 0.212. The molecule has 1 aromatic heterocycles. The van der Waals surface area contributed by atoms with Crippen LogP contribution in [0.5, 0.6) is 5.88 Å². The van der Waals surface area contributed by atoms with Gasteiger partial charge in [-0.3, -0.25) is 0 Å². The van der Waals surface area contributed by atoms with Gasteiger partial charge >= 0.3 is 0 Å². The van der Waals surface area contributed by atoms with Gasteiger partial charge in [-0.15, -0.1) is 0 Å². The van der Waals surface area contributed by atoms with E-state index in [-0.39, 0.29) is 11.7 Å². The Labute approximate surface area is 137 Å². The van der Waals surface area contributed by atoms with Gasteiger partial charge in [-0.25, -0.2) is 4.98 Å². The van der Waals surface area contributed by atoms with Gasteiger partial charge in [0.1, 0.15) is 5.78 Å². The highest BCUT2D eigenvalue weighted by atomic mass is 16.5. The van der Waals surface area contributed by atoms with E-state index in [1.54, 1.807) is 13.1 Å². The fourth-order valence-corrected chi connectivity index (χ4v) is 2.30. The molecule has 3 heteroatoms. The number of ketones is 1. The monoisotopic (exact) mass is 307 g/mol. The molecule has 0 aliphatic rings. The van der Waals surface area contributed by atoms with E-state index in [9.17, 15) is 4.79 Å². The van der Waals surface area contributed by atoms with Crippen molar-refractivity contribution in [1.29, 1.82) is 0 Å². The molecule has 0 saturated heterocycles. The molecule has 0 aliphatic carbocycles. The normalized spacial score (nSPS) is 11.3. The fourth-order valence-electron chi connectivity index (χ4n) is 2.30. The Morgan fingerprint density at radius 1 is 1.17 bits per heavy atom. The van der Waals surface area contributed by atoms with Crippen LogP contribution in [0.25, 0.3) is 0 Å². The van der Waals surface area contributed by atoms with Crippen molar-refractivity contribution in [2.45, 2.75) is 33.1 Å². The van der Waals surface area contributed by atoms with Crippen LogP contribution in [0.1, 0.15) is 49.8 Å². The number of benzene rings is 1. The molecule has 0 radical (unpaired) electrons. The molecule has 0 aliphatic heterocycles. The van der Waals surface area contributed by atoms with Crippen molar-refractivity contribution >= 4 is 5.78 Å². The van der Waals surface area contributed by atoms with Crippen molar-refractivity contribution < 1.29 is 9.53 Å². The van der Waals surface area contributed by atoms with Gasteiger partial charge in [0.25, 0.3) is 0 Å². The minimum Gasteiger partial charge on any atom is -0.478 e. The molecule has 2 rings (SSSR count). The van der Waals surface area contributed by atoms with E-state index < -0.39 is 0 Å². The van der Waals surface area contributed by atoms with Crippen molar-refractivity contribution in [2.24, 2.45) is 0 Å². The van der Waals surface area contributed by atoms with E-state index in [0.717, 1.165) is 16.7 Å². The van der Waals surface area contributed by atoms with Crippen LogP contribution in [0, 0.1) is 11.8 Å². The van der Waals surface area contributed by atoms with Crippen molar-refractivity contribution in [3.8, 4) is 17.7 Å². The van der Waals surface area contributed by atoms with Crippen molar-refractivity contribution in [2.75, 3.05) is 6.61 Å². The van der Waals surface area contributed by atoms with E-state index in [1.165, 1.54) is 0 Å². The molecule has 0 amide bonds. The molecule has 3 nitrogen and oxygen atoms in total. The van der Waals surface area contributed by atoms with Crippen LogP contribution in [0.15, 0.2) is 42.6 Å². The zero-order chi connectivity index (χ0) is 16.7. The number of ether oxygens (including phenoxy) is 1. The number of Topliss-reactive ketones (excluding diaryl/α,β-unsaturated/α-hetero) is 1. The Hall–Kier alpha value is -2.60. The molecule has 1 aromatic carbocycles. The molecule has 0 spiro atoms. The molecule has 0 saturated carbocycles. The molecular weight excluding hydrogens is 286 g/mol. The third kappa shape index (κ3) is 5.27. The summed E-state index contributed by atoms with van der Waals surface area (Å²) in [4.78, 5) is 15.3. The summed E-state index contributed by atoms with van der Waals surface area (Å²) in [6.07, 6.45) is 2.27. The second-order valence-corrected chi connectivity index (χ2v) is 5.49. The van der Waals surface area contributed by atoms with Gasteiger partial charge in [-0.1, -0.05) is 30.9 Å². The average Bonchev–Trinajstić information content (AvgIpc) is 2.53. The largest absolute Gasteiger partial charge is 0.478 e. The number of carbonyl (C=O) groups is 1. The number of pyridine rings is 1. The molecule has 23 heavy (non-hydrogen) atoms. The predicted molar refractivity (Wildman–Crippen MR) is 91.5 cm³/mol. The number of nitrogens with zero attached hydrogens (tertiary/aromatic N) is 1. The lowest BCUT2D eigenvalue weighted by molar-refractivity contribution is -0.117. The standard InChI is InChI=1S/C20H21NO2/c1-4-23-20-14-18(11-12-21-20)6-5-17-7-9-19(10-8-17)15(2)13-16(3)22/h7-12,14-15H,4,13H2,1-3H3. The topological polar surface area (TPSA) is 39.2 Å². The highest BCUT2D eigenvalue weighted by Gasteiger charge is 2.07. The molecule has 0 N–H and O–H groups in total. The van der Waals surface area contributed by atoms with Gasteiger partial charge in [0, 0.05) is 29.8 Å². The molecule has 1 heterocycles. The maximum atomic E-state index is 11.2. The van der Waals surface area contributed by atoms with E-state index in [2.05, 4.69) is 23.7 Å².